The smallest absolute Gasteiger partial charge is 0.190 e. The van der Waals surface area contributed by atoms with Gasteiger partial charge in [0, 0.05) is 37.7 Å². The first-order valence-corrected chi connectivity index (χ1v) is 9.58. The molecule has 2 fully saturated rings. The van der Waals surface area contributed by atoms with E-state index in [-0.39, 0.29) is 24.0 Å². The first-order chi connectivity index (χ1) is 12.2. The van der Waals surface area contributed by atoms with Gasteiger partial charge in [-0.2, -0.15) is 0 Å². The van der Waals surface area contributed by atoms with E-state index < -0.39 is 0 Å². The lowest BCUT2D eigenvalue weighted by Crippen LogP contribution is -2.41. The zero-order chi connectivity index (χ0) is 17.6. The lowest BCUT2D eigenvalue weighted by molar-refractivity contribution is 0.314. The van der Waals surface area contributed by atoms with E-state index in [0.717, 1.165) is 53.8 Å². The highest BCUT2D eigenvalue weighted by Gasteiger charge is 2.34. The molecule has 1 unspecified atom stereocenters. The van der Waals surface area contributed by atoms with Gasteiger partial charge in [0.15, 0.2) is 5.96 Å². The molecule has 0 aromatic heterocycles. The lowest BCUT2D eigenvalue weighted by atomic mass is 10.1. The second-order valence-corrected chi connectivity index (χ2v) is 7.38. The van der Waals surface area contributed by atoms with Crippen molar-refractivity contribution in [3.8, 4) is 5.75 Å². The highest BCUT2D eigenvalue weighted by Crippen LogP contribution is 2.31. The van der Waals surface area contributed by atoms with E-state index in [1.54, 1.807) is 7.11 Å². The van der Waals surface area contributed by atoms with E-state index in [9.17, 15) is 0 Å². The molecule has 1 aromatic rings. The number of rotatable bonds is 7. The van der Waals surface area contributed by atoms with E-state index >= 15 is 0 Å². The average Bonchev–Trinajstić information content (AvgIpc) is 3.37. The molecule has 3 rings (SSSR count). The predicted molar refractivity (Wildman–Crippen MR) is 119 cm³/mol. The van der Waals surface area contributed by atoms with Gasteiger partial charge < -0.3 is 20.3 Å². The zero-order valence-corrected chi connectivity index (χ0v) is 18.7. The Hall–Kier alpha value is -0.730. The minimum Gasteiger partial charge on any atom is -0.497 e. The van der Waals surface area contributed by atoms with Crippen LogP contribution in [0.4, 0.5) is 0 Å². The first-order valence-electron chi connectivity index (χ1n) is 9.20. The number of hydrogen-bond acceptors (Lipinski definition) is 3. The van der Waals surface area contributed by atoms with Crippen LogP contribution in [0, 0.1) is 5.92 Å². The van der Waals surface area contributed by atoms with Crippen LogP contribution >= 0.6 is 35.6 Å². The number of aliphatic imine (C=N–C) groups is 1. The summed E-state index contributed by atoms with van der Waals surface area (Å²) < 4.78 is 5.18. The van der Waals surface area contributed by atoms with Crippen molar-refractivity contribution in [2.75, 3.05) is 40.3 Å². The number of halogens is 2. The van der Waals surface area contributed by atoms with Crippen molar-refractivity contribution < 1.29 is 4.74 Å². The minimum absolute atomic E-state index is 0. The Morgan fingerprint density at radius 1 is 1.31 bits per heavy atom. The summed E-state index contributed by atoms with van der Waals surface area (Å²) in [5.74, 6) is 2.39. The number of guanidine groups is 1. The summed E-state index contributed by atoms with van der Waals surface area (Å²) in [6, 6.07) is 6.70. The quantitative estimate of drug-likeness (QED) is 0.349. The third-order valence-corrected chi connectivity index (χ3v) is 5.46. The van der Waals surface area contributed by atoms with Gasteiger partial charge in [0.05, 0.1) is 7.11 Å². The van der Waals surface area contributed by atoms with Crippen LogP contribution in [0.2, 0.25) is 5.02 Å². The van der Waals surface area contributed by atoms with Crippen LogP contribution < -0.4 is 15.4 Å². The van der Waals surface area contributed by atoms with Gasteiger partial charge in [-0.3, -0.25) is 4.99 Å². The molecule has 5 nitrogen and oxygen atoms in total. The van der Waals surface area contributed by atoms with Gasteiger partial charge in [-0.05, 0) is 55.8 Å². The molecule has 1 saturated carbocycles. The maximum Gasteiger partial charge on any atom is 0.190 e. The standard InChI is InChI=1S/C19H29ClN4O.HI/c1-21-19(23-12-14-8-10-24(13-14)16-4-5-16)22-9-7-15-3-6-17(25-2)11-18(15)20;/h3,6,11,14,16H,4-5,7-10,12-13H2,1-2H3,(H2,21,22,23);1H. The second kappa shape index (κ2) is 10.6. The molecule has 26 heavy (non-hydrogen) atoms. The van der Waals surface area contributed by atoms with Crippen molar-refractivity contribution in [1.82, 2.24) is 15.5 Å². The van der Waals surface area contributed by atoms with Crippen molar-refractivity contribution in [3.63, 3.8) is 0 Å². The molecule has 146 valence electrons. The van der Waals surface area contributed by atoms with Crippen LogP contribution in [0.5, 0.6) is 5.75 Å². The number of nitrogens with zero attached hydrogens (tertiary/aromatic N) is 2. The number of hydrogen-bond donors (Lipinski definition) is 2. The molecule has 0 radical (unpaired) electrons. The van der Waals surface area contributed by atoms with Gasteiger partial charge in [0.25, 0.3) is 0 Å². The van der Waals surface area contributed by atoms with Crippen molar-refractivity contribution in [2.24, 2.45) is 10.9 Å². The Bertz CT molecular complexity index is 609. The second-order valence-electron chi connectivity index (χ2n) is 6.97. The molecule has 1 atom stereocenters. The molecule has 0 spiro atoms. The first kappa shape index (κ1) is 21.6. The molecule has 2 aliphatic rings. The van der Waals surface area contributed by atoms with Gasteiger partial charge in [-0.15, -0.1) is 24.0 Å². The molecular weight excluding hydrogens is 463 g/mol. The third kappa shape index (κ3) is 6.16. The zero-order valence-electron chi connectivity index (χ0n) is 15.6. The normalized spacial score (nSPS) is 20.6. The van der Waals surface area contributed by atoms with Crippen molar-refractivity contribution in [3.05, 3.63) is 28.8 Å². The minimum atomic E-state index is 0. The Kier molecular flexibility index (Phi) is 8.76. The summed E-state index contributed by atoms with van der Waals surface area (Å²) in [6.45, 7) is 4.28. The molecule has 1 aromatic carbocycles. The molecule has 0 amide bonds. The predicted octanol–water partition coefficient (Wildman–Crippen LogP) is 3.16. The van der Waals surface area contributed by atoms with Crippen molar-refractivity contribution in [2.45, 2.75) is 31.7 Å². The maximum absolute atomic E-state index is 6.29. The summed E-state index contributed by atoms with van der Waals surface area (Å²) in [5, 5.41) is 7.59. The topological polar surface area (TPSA) is 48.9 Å². The number of methoxy groups -OCH3 is 1. The fourth-order valence-corrected chi connectivity index (χ4v) is 3.70. The highest BCUT2D eigenvalue weighted by molar-refractivity contribution is 14.0. The summed E-state index contributed by atoms with van der Waals surface area (Å²) in [4.78, 5) is 6.97. The number of nitrogens with one attached hydrogen (secondary N) is 2. The Morgan fingerprint density at radius 3 is 2.77 bits per heavy atom. The van der Waals surface area contributed by atoms with Gasteiger partial charge in [-0.25, -0.2) is 0 Å². The summed E-state index contributed by atoms with van der Waals surface area (Å²) in [7, 11) is 3.47. The fourth-order valence-electron chi connectivity index (χ4n) is 3.44. The summed E-state index contributed by atoms with van der Waals surface area (Å²) >= 11 is 6.29. The van der Waals surface area contributed by atoms with Crippen LogP contribution in [0.25, 0.3) is 0 Å². The molecular formula is C19H30ClIN4O. The highest BCUT2D eigenvalue weighted by atomic mass is 127. The van der Waals surface area contributed by atoms with E-state index in [4.69, 9.17) is 16.3 Å². The van der Waals surface area contributed by atoms with Gasteiger partial charge in [0.2, 0.25) is 0 Å². The van der Waals surface area contributed by atoms with Crippen LogP contribution in [0.15, 0.2) is 23.2 Å². The van der Waals surface area contributed by atoms with Gasteiger partial charge in [0.1, 0.15) is 5.75 Å². The third-order valence-electron chi connectivity index (χ3n) is 5.11. The molecule has 1 saturated heterocycles. The molecule has 1 aliphatic carbocycles. The van der Waals surface area contributed by atoms with Crippen molar-refractivity contribution in [1.29, 1.82) is 0 Å². The molecule has 1 heterocycles. The van der Waals surface area contributed by atoms with Gasteiger partial charge >= 0.3 is 0 Å². The average molecular weight is 493 g/mol. The summed E-state index contributed by atoms with van der Waals surface area (Å²) in [6.07, 6.45) is 4.94. The number of ether oxygens (including phenoxy) is 1. The Labute approximate surface area is 178 Å². The van der Waals surface area contributed by atoms with Crippen molar-refractivity contribution >= 4 is 41.5 Å². The van der Waals surface area contributed by atoms with Gasteiger partial charge in [-0.1, -0.05) is 17.7 Å². The SMILES string of the molecule is CN=C(NCCc1ccc(OC)cc1Cl)NCC1CCN(C2CC2)C1.I. The van der Waals surface area contributed by atoms with Crippen LogP contribution in [-0.2, 0) is 6.42 Å². The Balaban J connectivity index is 0.00000243. The molecule has 2 N–H and O–H groups in total. The van der Waals surface area contributed by atoms with E-state index in [0.29, 0.717) is 0 Å². The molecule has 7 heteroatoms. The fraction of sp³-hybridized carbons (Fsp3) is 0.632. The number of benzene rings is 1. The monoisotopic (exact) mass is 492 g/mol. The Morgan fingerprint density at radius 2 is 2.12 bits per heavy atom. The van der Waals surface area contributed by atoms with Crippen LogP contribution in [0.1, 0.15) is 24.8 Å². The van der Waals surface area contributed by atoms with Crippen LogP contribution in [-0.4, -0.2) is 57.2 Å². The van der Waals surface area contributed by atoms with E-state index in [2.05, 4.69) is 20.5 Å². The lowest BCUT2D eigenvalue weighted by Gasteiger charge is -2.17. The van der Waals surface area contributed by atoms with E-state index in [1.165, 1.54) is 32.4 Å². The molecule has 1 aliphatic heterocycles. The molecule has 0 bridgehead atoms. The largest absolute Gasteiger partial charge is 0.497 e. The number of likely N-dealkylation sites (tertiary alicyclic amines) is 1. The summed E-state index contributed by atoms with van der Waals surface area (Å²) in [5.41, 5.74) is 1.11. The van der Waals surface area contributed by atoms with E-state index in [1.807, 2.05) is 25.2 Å². The van der Waals surface area contributed by atoms with Crippen LogP contribution in [0.3, 0.4) is 0 Å². The maximum atomic E-state index is 6.29.